The van der Waals surface area contributed by atoms with Crippen molar-refractivity contribution in [2.45, 2.75) is 26.4 Å². The highest BCUT2D eigenvalue weighted by Crippen LogP contribution is 2.29. The van der Waals surface area contributed by atoms with Crippen LogP contribution < -0.4 is 14.8 Å². The monoisotopic (exact) mass is 379 g/mol. The first kappa shape index (κ1) is 20.8. The molecule has 0 spiro atoms. The fourth-order valence-electron chi connectivity index (χ4n) is 2.59. The summed E-state index contributed by atoms with van der Waals surface area (Å²) >= 11 is 0. The van der Waals surface area contributed by atoms with Crippen molar-refractivity contribution < 1.29 is 14.3 Å². The van der Waals surface area contributed by atoms with Crippen LogP contribution in [0.3, 0.4) is 0 Å². The minimum absolute atomic E-state index is 0.0272. The number of anilines is 1. The molecule has 1 N–H and O–H groups in total. The van der Waals surface area contributed by atoms with Crippen LogP contribution in [-0.2, 0) is 11.3 Å². The Hall–Kier alpha value is -3.46. The summed E-state index contributed by atoms with van der Waals surface area (Å²) in [6, 6.07) is 17.1. The highest BCUT2D eigenvalue weighted by atomic mass is 16.5. The molecule has 0 bridgehead atoms. The lowest BCUT2D eigenvalue weighted by atomic mass is 10.2. The van der Waals surface area contributed by atoms with E-state index < -0.39 is 5.91 Å². The average molecular weight is 379 g/mol. The van der Waals surface area contributed by atoms with Crippen LogP contribution in [0.25, 0.3) is 0 Å². The van der Waals surface area contributed by atoms with Gasteiger partial charge < -0.3 is 19.7 Å². The number of carbonyl (C=O) groups is 1. The molecule has 146 valence electrons. The maximum Gasteiger partial charge on any atom is 0.267 e. The predicted molar refractivity (Wildman–Crippen MR) is 109 cm³/mol. The number of carbonyl (C=O) groups excluding carboxylic acids is 1. The zero-order chi connectivity index (χ0) is 20.5. The molecule has 0 radical (unpaired) electrons. The first-order chi connectivity index (χ1) is 13.5. The Morgan fingerprint density at radius 1 is 1.14 bits per heavy atom. The van der Waals surface area contributed by atoms with Gasteiger partial charge in [-0.15, -0.1) is 0 Å². The van der Waals surface area contributed by atoms with E-state index >= 15 is 0 Å². The van der Waals surface area contributed by atoms with Crippen molar-refractivity contribution in [3.8, 4) is 17.6 Å². The van der Waals surface area contributed by atoms with Gasteiger partial charge in [0.05, 0.1) is 14.2 Å². The summed E-state index contributed by atoms with van der Waals surface area (Å²) in [6.45, 7) is 4.63. The molecular weight excluding hydrogens is 354 g/mol. The maximum atomic E-state index is 12.6. The number of hydrogen-bond donors (Lipinski definition) is 1. The summed E-state index contributed by atoms with van der Waals surface area (Å²) in [6.07, 6.45) is 1.60. The van der Waals surface area contributed by atoms with Crippen LogP contribution in [0.2, 0.25) is 0 Å². The molecule has 2 rings (SSSR count). The van der Waals surface area contributed by atoms with E-state index in [4.69, 9.17) is 9.47 Å². The lowest BCUT2D eigenvalue weighted by molar-refractivity contribution is -0.112. The van der Waals surface area contributed by atoms with Gasteiger partial charge in [-0.1, -0.05) is 30.3 Å². The first-order valence-corrected chi connectivity index (χ1v) is 8.93. The van der Waals surface area contributed by atoms with Crippen molar-refractivity contribution in [3.63, 3.8) is 0 Å². The van der Waals surface area contributed by atoms with Crippen LogP contribution in [-0.4, -0.2) is 31.1 Å². The molecule has 0 saturated heterocycles. The van der Waals surface area contributed by atoms with Gasteiger partial charge in [0.2, 0.25) is 0 Å². The van der Waals surface area contributed by atoms with Gasteiger partial charge in [0.25, 0.3) is 5.91 Å². The normalized spacial score (nSPS) is 10.9. The Balaban J connectivity index is 2.19. The van der Waals surface area contributed by atoms with Crippen LogP contribution >= 0.6 is 0 Å². The Morgan fingerprint density at radius 3 is 2.39 bits per heavy atom. The molecule has 28 heavy (non-hydrogen) atoms. The van der Waals surface area contributed by atoms with Crippen molar-refractivity contribution in [2.24, 2.45) is 0 Å². The summed E-state index contributed by atoms with van der Waals surface area (Å²) in [4.78, 5) is 14.6. The number of nitriles is 1. The standard InChI is InChI=1S/C22H25N3O3/c1-16(2)25(14-17-8-6-5-7-9-17)15-18(13-23)22(26)24-19-10-11-20(27-3)21(12-19)28-4/h5-12,15-16H,14H2,1-4H3,(H,24,26)/b18-15-. The number of nitrogens with one attached hydrogen (secondary N) is 1. The van der Waals surface area contributed by atoms with Gasteiger partial charge in [0.15, 0.2) is 11.5 Å². The second-order valence-electron chi connectivity index (χ2n) is 6.43. The zero-order valence-electron chi connectivity index (χ0n) is 16.6. The number of amides is 1. The molecule has 6 nitrogen and oxygen atoms in total. The van der Waals surface area contributed by atoms with Crippen LogP contribution in [0.1, 0.15) is 19.4 Å². The third-order valence-corrected chi connectivity index (χ3v) is 4.17. The van der Waals surface area contributed by atoms with E-state index in [-0.39, 0.29) is 11.6 Å². The Bertz CT molecular complexity index is 870. The van der Waals surface area contributed by atoms with Crippen molar-refractivity contribution >= 4 is 11.6 Å². The average Bonchev–Trinajstić information content (AvgIpc) is 2.71. The van der Waals surface area contributed by atoms with Crippen LogP contribution in [0.15, 0.2) is 60.3 Å². The quantitative estimate of drug-likeness (QED) is 0.555. The highest BCUT2D eigenvalue weighted by molar-refractivity contribution is 6.06. The minimum atomic E-state index is -0.478. The second kappa shape index (κ2) is 10.0. The third-order valence-electron chi connectivity index (χ3n) is 4.17. The van der Waals surface area contributed by atoms with Crippen LogP contribution in [0, 0.1) is 11.3 Å². The van der Waals surface area contributed by atoms with E-state index in [1.54, 1.807) is 31.5 Å². The largest absolute Gasteiger partial charge is 0.493 e. The zero-order valence-corrected chi connectivity index (χ0v) is 16.6. The number of hydrogen-bond acceptors (Lipinski definition) is 5. The number of methoxy groups -OCH3 is 2. The third kappa shape index (κ3) is 5.52. The van der Waals surface area contributed by atoms with Gasteiger partial charge in [0, 0.05) is 30.5 Å². The Kier molecular flexibility index (Phi) is 7.46. The summed E-state index contributed by atoms with van der Waals surface area (Å²) in [5.41, 5.74) is 1.65. The number of nitrogens with zero attached hydrogens (tertiary/aromatic N) is 2. The van der Waals surface area contributed by atoms with Gasteiger partial charge >= 0.3 is 0 Å². The van der Waals surface area contributed by atoms with Crippen LogP contribution in [0.5, 0.6) is 11.5 Å². The molecule has 0 heterocycles. The number of ether oxygens (including phenoxy) is 2. The Morgan fingerprint density at radius 2 is 1.82 bits per heavy atom. The van der Waals surface area contributed by atoms with E-state index in [0.717, 1.165) is 5.56 Å². The van der Waals surface area contributed by atoms with Crippen molar-refractivity contribution in [2.75, 3.05) is 19.5 Å². The molecular formula is C22H25N3O3. The molecule has 0 fully saturated rings. The number of rotatable bonds is 8. The lowest BCUT2D eigenvalue weighted by Crippen LogP contribution is -2.27. The van der Waals surface area contributed by atoms with Gasteiger partial charge in [-0.25, -0.2) is 0 Å². The van der Waals surface area contributed by atoms with E-state index in [1.165, 1.54) is 7.11 Å². The first-order valence-electron chi connectivity index (χ1n) is 8.93. The van der Waals surface area contributed by atoms with Gasteiger partial charge in [-0.05, 0) is 31.5 Å². The lowest BCUT2D eigenvalue weighted by Gasteiger charge is -2.25. The van der Waals surface area contributed by atoms with Gasteiger partial charge in [-0.3, -0.25) is 4.79 Å². The fraction of sp³-hybridized carbons (Fsp3) is 0.273. The van der Waals surface area contributed by atoms with Crippen LogP contribution in [0.4, 0.5) is 5.69 Å². The fourth-order valence-corrected chi connectivity index (χ4v) is 2.59. The topological polar surface area (TPSA) is 74.6 Å². The molecule has 0 saturated carbocycles. The summed E-state index contributed by atoms with van der Waals surface area (Å²) in [5.74, 6) is 0.578. The molecule has 2 aromatic rings. The van der Waals surface area contributed by atoms with E-state index in [1.807, 2.05) is 55.1 Å². The van der Waals surface area contributed by atoms with E-state index in [0.29, 0.717) is 23.7 Å². The molecule has 0 atom stereocenters. The molecule has 0 aromatic heterocycles. The van der Waals surface area contributed by atoms with Crippen molar-refractivity contribution in [3.05, 3.63) is 65.9 Å². The molecule has 0 aliphatic heterocycles. The molecule has 0 aliphatic rings. The Labute approximate surface area is 166 Å². The summed E-state index contributed by atoms with van der Waals surface area (Å²) in [5, 5.41) is 12.2. The highest BCUT2D eigenvalue weighted by Gasteiger charge is 2.15. The predicted octanol–water partition coefficient (Wildman–Crippen LogP) is 3.96. The summed E-state index contributed by atoms with van der Waals surface area (Å²) < 4.78 is 10.4. The molecule has 0 aliphatic carbocycles. The molecule has 6 heteroatoms. The van der Waals surface area contributed by atoms with Crippen molar-refractivity contribution in [1.29, 1.82) is 5.26 Å². The second-order valence-corrected chi connectivity index (χ2v) is 6.43. The van der Waals surface area contributed by atoms with Gasteiger partial charge in [0.1, 0.15) is 11.6 Å². The molecule has 0 unspecified atom stereocenters. The number of benzene rings is 2. The SMILES string of the molecule is COc1ccc(NC(=O)/C(C#N)=C\N(Cc2ccccc2)C(C)C)cc1OC. The maximum absolute atomic E-state index is 12.6. The minimum Gasteiger partial charge on any atom is -0.493 e. The van der Waals surface area contributed by atoms with E-state index in [9.17, 15) is 10.1 Å². The molecule has 1 amide bonds. The van der Waals surface area contributed by atoms with Gasteiger partial charge in [-0.2, -0.15) is 5.26 Å². The smallest absolute Gasteiger partial charge is 0.267 e. The van der Waals surface area contributed by atoms with Crippen molar-refractivity contribution in [1.82, 2.24) is 4.90 Å². The summed E-state index contributed by atoms with van der Waals surface area (Å²) in [7, 11) is 3.06. The molecule has 2 aromatic carbocycles. The van der Waals surface area contributed by atoms with E-state index in [2.05, 4.69) is 5.32 Å².